The molecule has 0 aliphatic carbocycles. The third-order valence-corrected chi connectivity index (χ3v) is 3.92. The normalized spacial score (nSPS) is 16.9. The Morgan fingerprint density at radius 3 is 2.43 bits per heavy atom. The highest BCUT2D eigenvalue weighted by atomic mass is 16.5. The summed E-state index contributed by atoms with van der Waals surface area (Å²) in [6.45, 7) is 3.81. The number of nitrogens with zero attached hydrogens (tertiary/aromatic N) is 1. The van der Waals surface area contributed by atoms with E-state index in [0.29, 0.717) is 13.2 Å². The van der Waals surface area contributed by atoms with Crippen LogP contribution < -0.4 is 0 Å². The highest BCUT2D eigenvalue weighted by Gasteiger charge is 2.39. The van der Waals surface area contributed by atoms with Gasteiger partial charge in [0.15, 0.2) is 0 Å². The molecule has 4 heteroatoms. The summed E-state index contributed by atoms with van der Waals surface area (Å²) in [4.78, 5) is 2.31. The van der Waals surface area contributed by atoms with Gasteiger partial charge in [-0.1, -0.05) is 30.3 Å². The van der Waals surface area contributed by atoms with Crippen molar-refractivity contribution >= 4 is 0 Å². The van der Waals surface area contributed by atoms with Crippen molar-refractivity contribution in [1.82, 2.24) is 4.90 Å². The van der Waals surface area contributed by atoms with Crippen LogP contribution >= 0.6 is 0 Å². The summed E-state index contributed by atoms with van der Waals surface area (Å²) in [6, 6.07) is 14.3. The number of aliphatic hydroxyl groups is 1. The first kappa shape index (κ1) is 14.3. The molecule has 0 bridgehead atoms. The Morgan fingerprint density at radius 2 is 1.86 bits per heavy atom. The van der Waals surface area contributed by atoms with Crippen LogP contribution in [-0.4, -0.2) is 36.4 Å². The van der Waals surface area contributed by atoms with Crippen LogP contribution in [0, 0.1) is 5.41 Å². The quantitative estimate of drug-likeness (QED) is 0.848. The average molecular weight is 287 g/mol. The van der Waals surface area contributed by atoms with Crippen molar-refractivity contribution in [2.24, 2.45) is 5.41 Å². The molecule has 1 saturated heterocycles. The third kappa shape index (κ3) is 3.53. The molecular weight excluding hydrogens is 266 g/mol. The van der Waals surface area contributed by atoms with Crippen LogP contribution in [0.25, 0.3) is 0 Å². The molecular formula is C17H21NO3. The highest BCUT2D eigenvalue weighted by molar-refractivity contribution is 5.15. The molecule has 1 aromatic heterocycles. The Morgan fingerprint density at radius 1 is 1.05 bits per heavy atom. The van der Waals surface area contributed by atoms with E-state index in [2.05, 4.69) is 29.2 Å². The molecule has 2 aromatic rings. The van der Waals surface area contributed by atoms with Crippen LogP contribution in [0.5, 0.6) is 0 Å². The van der Waals surface area contributed by atoms with Gasteiger partial charge in [0.2, 0.25) is 0 Å². The Hall–Kier alpha value is -1.62. The van der Waals surface area contributed by atoms with Crippen molar-refractivity contribution < 1.29 is 14.3 Å². The van der Waals surface area contributed by atoms with E-state index in [4.69, 9.17) is 9.15 Å². The second kappa shape index (κ2) is 6.43. The van der Waals surface area contributed by atoms with Gasteiger partial charge in [0.05, 0.1) is 38.0 Å². The van der Waals surface area contributed by atoms with Gasteiger partial charge in [-0.15, -0.1) is 0 Å². The fourth-order valence-electron chi connectivity index (χ4n) is 2.73. The van der Waals surface area contributed by atoms with Crippen molar-refractivity contribution in [3.63, 3.8) is 0 Å². The minimum atomic E-state index is -0.124. The number of furan rings is 1. The number of hydrogen-bond donors (Lipinski definition) is 1. The van der Waals surface area contributed by atoms with E-state index in [1.54, 1.807) is 6.26 Å². The Bertz CT molecular complexity index is 529. The first-order valence-corrected chi connectivity index (χ1v) is 7.27. The maximum atomic E-state index is 9.65. The molecule has 21 heavy (non-hydrogen) atoms. The molecule has 0 atom stereocenters. The van der Waals surface area contributed by atoms with Crippen LogP contribution in [0.4, 0.5) is 0 Å². The standard InChI is InChI=1S/C17H21NO3/c19-12-17(13-20-14-17)11-18(10-16-7-4-8-21-16)9-15-5-2-1-3-6-15/h1-8,19H,9-14H2. The predicted molar refractivity (Wildman–Crippen MR) is 79.6 cm³/mol. The van der Waals surface area contributed by atoms with Gasteiger partial charge < -0.3 is 14.3 Å². The fraction of sp³-hybridized carbons (Fsp3) is 0.412. The topological polar surface area (TPSA) is 45.8 Å². The van der Waals surface area contributed by atoms with E-state index in [1.165, 1.54) is 5.56 Å². The smallest absolute Gasteiger partial charge is 0.117 e. The molecule has 1 N–H and O–H groups in total. The number of benzene rings is 1. The van der Waals surface area contributed by atoms with Crippen LogP contribution in [0.15, 0.2) is 53.1 Å². The summed E-state index contributed by atoms with van der Waals surface area (Å²) in [5.74, 6) is 0.944. The van der Waals surface area contributed by atoms with E-state index in [0.717, 1.165) is 25.4 Å². The summed E-state index contributed by atoms with van der Waals surface area (Å²) >= 11 is 0. The van der Waals surface area contributed by atoms with Crippen LogP contribution in [-0.2, 0) is 17.8 Å². The third-order valence-electron chi connectivity index (χ3n) is 3.92. The number of rotatable bonds is 7. The van der Waals surface area contributed by atoms with Gasteiger partial charge in [-0.3, -0.25) is 4.90 Å². The summed E-state index contributed by atoms with van der Waals surface area (Å²) in [7, 11) is 0. The monoisotopic (exact) mass is 287 g/mol. The van der Waals surface area contributed by atoms with Crippen LogP contribution in [0.2, 0.25) is 0 Å². The summed E-state index contributed by atoms with van der Waals surface area (Å²) in [5.41, 5.74) is 1.14. The molecule has 0 radical (unpaired) electrons. The minimum Gasteiger partial charge on any atom is -0.468 e. The summed E-state index contributed by atoms with van der Waals surface area (Å²) < 4.78 is 10.8. The minimum absolute atomic E-state index is 0.124. The molecule has 1 aliphatic heterocycles. The number of ether oxygens (including phenoxy) is 1. The molecule has 0 unspecified atom stereocenters. The SMILES string of the molecule is OCC1(CN(Cc2ccccc2)Cc2ccco2)COC1. The number of aliphatic hydroxyl groups excluding tert-OH is 1. The molecule has 1 aromatic carbocycles. The second-order valence-electron chi connectivity index (χ2n) is 5.86. The van der Waals surface area contributed by atoms with E-state index >= 15 is 0 Å². The van der Waals surface area contributed by atoms with Gasteiger partial charge in [0.1, 0.15) is 5.76 Å². The van der Waals surface area contributed by atoms with E-state index in [-0.39, 0.29) is 12.0 Å². The van der Waals surface area contributed by atoms with Crippen molar-refractivity contribution in [3.8, 4) is 0 Å². The molecule has 1 fully saturated rings. The molecule has 4 nitrogen and oxygen atoms in total. The lowest BCUT2D eigenvalue weighted by Gasteiger charge is -2.43. The second-order valence-corrected chi connectivity index (χ2v) is 5.86. The molecule has 1 aliphatic rings. The molecule has 0 spiro atoms. The molecule has 3 rings (SSSR count). The van der Waals surface area contributed by atoms with E-state index < -0.39 is 0 Å². The summed E-state index contributed by atoms with van der Waals surface area (Å²) in [6.07, 6.45) is 1.70. The Kier molecular flexibility index (Phi) is 4.39. The van der Waals surface area contributed by atoms with Gasteiger partial charge in [-0.25, -0.2) is 0 Å². The lowest BCUT2D eigenvalue weighted by molar-refractivity contribution is -0.150. The first-order valence-electron chi connectivity index (χ1n) is 7.27. The lowest BCUT2D eigenvalue weighted by Crippen LogP contribution is -2.53. The maximum Gasteiger partial charge on any atom is 0.117 e. The van der Waals surface area contributed by atoms with E-state index in [9.17, 15) is 5.11 Å². The lowest BCUT2D eigenvalue weighted by atomic mass is 9.86. The van der Waals surface area contributed by atoms with Gasteiger partial charge >= 0.3 is 0 Å². The average Bonchev–Trinajstić information content (AvgIpc) is 2.97. The Balaban J connectivity index is 1.71. The van der Waals surface area contributed by atoms with Gasteiger partial charge in [0, 0.05) is 13.1 Å². The zero-order valence-electron chi connectivity index (χ0n) is 12.1. The summed E-state index contributed by atoms with van der Waals surface area (Å²) in [5, 5.41) is 9.65. The molecule has 0 amide bonds. The predicted octanol–water partition coefficient (Wildman–Crippen LogP) is 2.29. The van der Waals surface area contributed by atoms with Crippen molar-refractivity contribution in [2.45, 2.75) is 13.1 Å². The van der Waals surface area contributed by atoms with Crippen molar-refractivity contribution in [3.05, 3.63) is 60.1 Å². The van der Waals surface area contributed by atoms with Gasteiger partial charge in [0.25, 0.3) is 0 Å². The highest BCUT2D eigenvalue weighted by Crippen LogP contribution is 2.29. The zero-order valence-corrected chi connectivity index (χ0v) is 12.1. The van der Waals surface area contributed by atoms with Gasteiger partial charge in [-0.05, 0) is 17.7 Å². The first-order chi connectivity index (χ1) is 10.3. The van der Waals surface area contributed by atoms with Crippen LogP contribution in [0.3, 0.4) is 0 Å². The van der Waals surface area contributed by atoms with Crippen molar-refractivity contribution in [2.75, 3.05) is 26.4 Å². The molecule has 0 saturated carbocycles. The number of hydrogen-bond acceptors (Lipinski definition) is 4. The van der Waals surface area contributed by atoms with Gasteiger partial charge in [-0.2, -0.15) is 0 Å². The zero-order chi connectivity index (χ0) is 14.5. The van der Waals surface area contributed by atoms with E-state index in [1.807, 2.05) is 18.2 Å². The van der Waals surface area contributed by atoms with Crippen molar-refractivity contribution in [1.29, 1.82) is 0 Å². The molecule has 2 heterocycles. The fourth-order valence-corrected chi connectivity index (χ4v) is 2.73. The van der Waals surface area contributed by atoms with Crippen LogP contribution in [0.1, 0.15) is 11.3 Å². The maximum absolute atomic E-state index is 9.65. The largest absolute Gasteiger partial charge is 0.468 e. The molecule has 112 valence electrons. The Labute approximate surface area is 124 Å².